The van der Waals surface area contributed by atoms with Crippen LogP contribution in [-0.2, 0) is 33.5 Å². The number of fused-ring (bicyclic) bond motifs is 1. The molecule has 0 spiro atoms. The van der Waals surface area contributed by atoms with Gasteiger partial charge in [0.25, 0.3) is 5.91 Å². The van der Waals surface area contributed by atoms with Gasteiger partial charge in [-0.3, -0.25) is 28.8 Å². The van der Waals surface area contributed by atoms with Crippen molar-refractivity contribution in [2.75, 3.05) is 27.2 Å². The quantitative estimate of drug-likeness (QED) is 0.225. The number of amides is 6. The number of nitrogens with zero attached hydrogens (tertiary/aromatic N) is 2. The van der Waals surface area contributed by atoms with Crippen molar-refractivity contribution in [1.82, 2.24) is 31.1 Å². The summed E-state index contributed by atoms with van der Waals surface area (Å²) in [5, 5.41) is 10.4. The van der Waals surface area contributed by atoms with Crippen LogP contribution in [0.15, 0.2) is 30.3 Å². The van der Waals surface area contributed by atoms with Crippen molar-refractivity contribution in [3.63, 3.8) is 0 Å². The Bertz CT molecular complexity index is 1500. The van der Waals surface area contributed by atoms with Crippen LogP contribution in [-0.4, -0.2) is 102 Å². The summed E-state index contributed by atoms with van der Waals surface area (Å²) >= 11 is 0. The normalized spacial score (nSPS) is 20.8. The minimum absolute atomic E-state index is 0.0283. The van der Waals surface area contributed by atoms with Gasteiger partial charge >= 0.3 is 6.09 Å². The number of rotatable bonds is 13. The SMILES string of the molecule is CCCC(NC(=O)[C@@H]1C2C(CN1C(=O)[C@@H](NC(=O)OC(C)(C)C)C(C)(C)C)C2(C)C)C(=O)C(=O)NCC(=O)NC(C(=O)N(C)C)c1ccccc1. The number of nitrogens with one attached hydrogen (secondary N) is 4. The second-order valence-corrected chi connectivity index (χ2v) is 16.4. The van der Waals surface area contributed by atoms with Crippen LogP contribution in [0.1, 0.15) is 86.8 Å². The molecular weight excluding hydrogens is 656 g/mol. The van der Waals surface area contributed by atoms with Gasteiger partial charge < -0.3 is 35.8 Å². The van der Waals surface area contributed by atoms with Crippen LogP contribution >= 0.6 is 0 Å². The molecule has 1 aliphatic heterocycles. The second-order valence-electron chi connectivity index (χ2n) is 16.4. The van der Waals surface area contributed by atoms with Crippen molar-refractivity contribution in [3.8, 4) is 0 Å². The second kappa shape index (κ2) is 15.8. The van der Waals surface area contributed by atoms with Gasteiger partial charge in [-0.1, -0.05) is 78.3 Å². The summed E-state index contributed by atoms with van der Waals surface area (Å²) in [5.74, 6) is -4.26. The van der Waals surface area contributed by atoms with Crippen molar-refractivity contribution < 1.29 is 38.3 Å². The number of alkyl carbamates (subject to hydrolysis) is 1. The summed E-state index contributed by atoms with van der Waals surface area (Å²) < 4.78 is 5.42. The number of hydrogen-bond donors (Lipinski definition) is 4. The topological polar surface area (TPSA) is 183 Å². The molecule has 4 N–H and O–H groups in total. The highest BCUT2D eigenvalue weighted by molar-refractivity contribution is 6.38. The number of ether oxygens (including phenoxy) is 1. The summed E-state index contributed by atoms with van der Waals surface area (Å²) in [7, 11) is 3.12. The smallest absolute Gasteiger partial charge is 0.408 e. The minimum Gasteiger partial charge on any atom is -0.444 e. The molecule has 1 saturated heterocycles. The van der Waals surface area contributed by atoms with E-state index < -0.39 is 77.2 Å². The van der Waals surface area contributed by atoms with E-state index in [9.17, 15) is 33.6 Å². The van der Waals surface area contributed by atoms with Crippen LogP contribution in [0.25, 0.3) is 0 Å². The van der Waals surface area contributed by atoms with Crippen LogP contribution < -0.4 is 21.3 Å². The maximum Gasteiger partial charge on any atom is 0.408 e. The standard InChI is InChI=1S/C37H56N6O8/c1-12-16-23(28(45)31(47)38-19-24(44)40-26(32(48)42(10)11)21-17-14-13-15-18-21)39-30(46)27-25-22(37(25,8)9)20-43(27)33(49)29(35(2,3)4)41-34(50)51-36(5,6)7/h13-15,17-18,22-23,25-27,29H,12,16,19-20H2,1-11H3,(H,38,47)(H,39,46)(H,40,44)(H,41,50)/t22?,23?,25?,26?,27-,29+/m0/s1. The highest BCUT2D eigenvalue weighted by atomic mass is 16.6. The van der Waals surface area contributed by atoms with Crippen LogP contribution in [0, 0.1) is 22.7 Å². The molecule has 282 valence electrons. The number of hydrogen-bond acceptors (Lipinski definition) is 8. The lowest BCUT2D eigenvalue weighted by atomic mass is 9.85. The van der Waals surface area contributed by atoms with Gasteiger partial charge in [0, 0.05) is 20.6 Å². The van der Waals surface area contributed by atoms with E-state index in [0.29, 0.717) is 18.5 Å². The molecule has 14 heteroatoms. The third-order valence-electron chi connectivity index (χ3n) is 9.50. The van der Waals surface area contributed by atoms with Gasteiger partial charge in [-0.15, -0.1) is 0 Å². The van der Waals surface area contributed by atoms with Gasteiger partial charge in [0.2, 0.25) is 29.4 Å². The lowest BCUT2D eigenvalue weighted by molar-refractivity contribution is -0.145. The van der Waals surface area contributed by atoms with E-state index in [1.165, 1.54) is 9.80 Å². The fourth-order valence-corrected chi connectivity index (χ4v) is 6.68. The molecule has 6 amide bonds. The Kier molecular flexibility index (Phi) is 12.7. The Morgan fingerprint density at radius 3 is 2.08 bits per heavy atom. The Balaban J connectivity index is 1.73. The first-order chi connectivity index (χ1) is 23.5. The molecule has 1 heterocycles. The molecule has 1 aromatic carbocycles. The van der Waals surface area contributed by atoms with E-state index in [2.05, 4.69) is 21.3 Å². The first-order valence-corrected chi connectivity index (χ1v) is 17.5. The molecule has 0 radical (unpaired) electrons. The summed E-state index contributed by atoms with van der Waals surface area (Å²) in [6.07, 6.45) is -0.164. The number of likely N-dealkylation sites (N-methyl/N-ethyl adjacent to an activating group) is 1. The molecule has 1 aliphatic carbocycles. The lowest BCUT2D eigenvalue weighted by Gasteiger charge is -2.38. The van der Waals surface area contributed by atoms with Gasteiger partial charge in [0.1, 0.15) is 23.7 Å². The van der Waals surface area contributed by atoms with Crippen LogP contribution in [0.2, 0.25) is 0 Å². The predicted octanol–water partition coefficient (Wildman–Crippen LogP) is 2.32. The molecule has 51 heavy (non-hydrogen) atoms. The maximum atomic E-state index is 14.1. The van der Waals surface area contributed by atoms with Crippen molar-refractivity contribution in [3.05, 3.63) is 35.9 Å². The van der Waals surface area contributed by atoms with Crippen molar-refractivity contribution in [2.45, 2.75) is 105 Å². The van der Waals surface area contributed by atoms with Gasteiger partial charge in [0.15, 0.2) is 0 Å². The van der Waals surface area contributed by atoms with Gasteiger partial charge in [-0.2, -0.15) is 0 Å². The molecular formula is C37H56N6O8. The van der Waals surface area contributed by atoms with E-state index in [1.54, 1.807) is 92.9 Å². The first-order valence-electron chi connectivity index (χ1n) is 17.5. The predicted molar refractivity (Wildman–Crippen MR) is 190 cm³/mol. The molecule has 2 fully saturated rings. The monoisotopic (exact) mass is 712 g/mol. The zero-order valence-corrected chi connectivity index (χ0v) is 31.8. The Morgan fingerprint density at radius 1 is 0.941 bits per heavy atom. The average molecular weight is 713 g/mol. The Hall–Kier alpha value is -4.49. The van der Waals surface area contributed by atoms with Gasteiger partial charge in [0.05, 0.1) is 12.6 Å². The van der Waals surface area contributed by atoms with Crippen molar-refractivity contribution >= 4 is 41.4 Å². The van der Waals surface area contributed by atoms with E-state index in [1.807, 2.05) is 13.8 Å². The summed E-state index contributed by atoms with van der Waals surface area (Å²) in [5.41, 5.74) is -1.21. The molecule has 3 rings (SSSR count). The zero-order valence-electron chi connectivity index (χ0n) is 31.8. The number of ketones is 1. The number of carbonyl (C=O) groups excluding carboxylic acids is 7. The fourth-order valence-electron chi connectivity index (χ4n) is 6.68. The number of carbonyl (C=O) groups is 7. The van der Waals surface area contributed by atoms with E-state index in [4.69, 9.17) is 4.74 Å². The van der Waals surface area contributed by atoms with E-state index in [0.717, 1.165) is 0 Å². The van der Waals surface area contributed by atoms with E-state index in [-0.39, 0.29) is 29.6 Å². The van der Waals surface area contributed by atoms with Gasteiger partial charge in [-0.25, -0.2) is 4.79 Å². The molecule has 14 nitrogen and oxygen atoms in total. The number of benzene rings is 1. The average Bonchev–Trinajstić information content (AvgIpc) is 3.33. The molecule has 4 unspecified atom stereocenters. The third kappa shape index (κ3) is 10.1. The van der Waals surface area contributed by atoms with Crippen LogP contribution in [0.5, 0.6) is 0 Å². The number of Topliss-reactive ketones (excluding diaryl/α,β-unsaturated/α-hetero) is 1. The summed E-state index contributed by atoms with van der Waals surface area (Å²) in [6, 6.07) is 4.46. The first kappa shape index (κ1) is 40.9. The summed E-state index contributed by atoms with van der Waals surface area (Å²) in [6.45, 7) is 16.1. The van der Waals surface area contributed by atoms with E-state index >= 15 is 0 Å². The summed E-state index contributed by atoms with van der Waals surface area (Å²) in [4.78, 5) is 95.7. The largest absolute Gasteiger partial charge is 0.444 e. The number of piperidine rings is 1. The number of likely N-dealkylation sites (tertiary alicyclic amines) is 1. The zero-order chi connectivity index (χ0) is 38.6. The molecule has 0 bridgehead atoms. The maximum absolute atomic E-state index is 14.1. The van der Waals surface area contributed by atoms with Crippen molar-refractivity contribution in [1.29, 1.82) is 0 Å². The Labute approximate surface area is 301 Å². The molecule has 6 atom stereocenters. The lowest BCUT2D eigenvalue weighted by Crippen LogP contribution is -2.60. The van der Waals surface area contributed by atoms with Crippen molar-refractivity contribution in [2.24, 2.45) is 22.7 Å². The molecule has 0 aromatic heterocycles. The minimum atomic E-state index is -1.21. The molecule has 2 aliphatic rings. The molecule has 1 saturated carbocycles. The van der Waals surface area contributed by atoms with Crippen LogP contribution in [0.3, 0.4) is 0 Å². The fraction of sp³-hybridized carbons (Fsp3) is 0.649. The third-order valence-corrected chi connectivity index (χ3v) is 9.50. The highest BCUT2D eigenvalue weighted by Gasteiger charge is 2.70. The van der Waals surface area contributed by atoms with Crippen LogP contribution in [0.4, 0.5) is 4.79 Å². The Morgan fingerprint density at radius 2 is 1.55 bits per heavy atom. The van der Waals surface area contributed by atoms with Gasteiger partial charge in [-0.05, 0) is 55.4 Å². The highest BCUT2D eigenvalue weighted by Crippen LogP contribution is 2.65. The molecule has 1 aromatic rings.